The summed E-state index contributed by atoms with van der Waals surface area (Å²) in [4.78, 5) is 22.6. The molecule has 5 heteroatoms. The largest absolute Gasteiger partial charge is 1.00 e. The summed E-state index contributed by atoms with van der Waals surface area (Å²) in [6.45, 7) is 2.23. The van der Waals surface area contributed by atoms with Gasteiger partial charge in [0.15, 0.2) is 0 Å². The van der Waals surface area contributed by atoms with Crippen molar-refractivity contribution in [3.8, 4) is 17.6 Å². The van der Waals surface area contributed by atoms with Crippen molar-refractivity contribution in [2.45, 2.75) is 57.8 Å². The Morgan fingerprint density at radius 1 is 1.25 bits per heavy atom. The first-order chi connectivity index (χ1) is 13.0. The van der Waals surface area contributed by atoms with Crippen LogP contribution < -0.4 is 39.4 Å². The quantitative estimate of drug-likeness (QED) is 0.396. The molecule has 1 saturated carbocycles. The monoisotopic (exact) mass is 388 g/mol. The van der Waals surface area contributed by atoms with Crippen LogP contribution in [0.1, 0.15) is 63.4 Å². The number of allylic oxidation sites excluding steroid dienone is 1. The molecule has 0 unspecified atom stereocenters. The van der Waals surface area contributed by atoms with Gasteiger partial charge < -0.3 is 14.6 Å². The van der Waals surface area contributed by atoms with Crippen LogP contribution in [0, 0.1) is 17.3 Å². The van der Waals surface area contributed by atoms with E-state index in [1.807, 2.05) is 24.3 Å². The maximum Gasteiger partial charge on any atom is 1.00 e. The molecule has 4 nitrogen and oxygen atoms in total. The number of carboxylic acid groups (broad SMARTS) is 1. The van der Waals surface area contributed by atoms with Crippen LogP contribution in [0.3, 0.4) is 0 Å². The minimum Gasteiger partial charge on any atom is -0.550 e. The first kappa shape index (κ1) is 22.7. The molecule has 1 aromatic rings. The Labute approximate surface area is 189 Å². The maximum absolute atomic E-state index is 11.7. The second-order valence-electron chi connectivity index (χ2n) is 7.61. The number of hydrogen-bond donors (Lipinski definition) is 0. The Kier molecular flexibility index (Phi) is 8.37. The smallest absolute Gasteiger partial charge is 0.550 e. The number of rotatable bonds is 6. The molecule has 2 aliphatic carbocycles. The van der Waals surface area contributed by atoms with Crippen LogP contribution in [0.15, 0.2) is 35.9 Å². The molecular weight excluding hydrogens is 363 g/mol. The predicted octanol–water partition coefficient (Wildman–Crippen LogP) is 0.166. The van der Waals surface area contributed by atoms with Gasteiger partial charge in [-0.25, -0.2) is 0 Å². The summed E-state index contributed by atoms with van der Waals surface area (Å²) < 4.78 is 5.93. The zero-order chi connectivity index (χ0) is 19.3. The maximum atomic E-state index is 11.7. The third kappa shape index (κ3) is 5.98. The third-order valence-corrected chi connectivity index (χ3v) is 5.53. The van der Waals surface area contributed by atoms with Crippen LogP contribution >= 0.6 is 0 Å². The van der Waals surface area contributed by atoms with Gasteiger partial charge in [0.25, 0.3) is 0 Å². The van der Waals surface area contributed by atoms with Gasteiger partial charge in [-0.1, -0.05) is 24.1 Å². The molecule has 0 amide bonds. The van der Waals surface area contributed by atoms with E-state index < -0.39 is 5.97 Å². The van der Waals surface area contributed by atoms with E-state index >= 15 is 0 Å². The molecule has 28 heavy (non-hydrogen) atoms. The summed E-state index contributed by atoms with van der Waals surface area (Å²) in [5.74, 6) is 5.35. The van der Waals surface area contributed by atoms with Gasteiger partial charge in [0, 0.05) is 25.2 Å². The average molecular weight is 388 g/mol. The summed E-state index contributed by atoms with van der Waals surface area (Å²) in [6.07, 6.45) is 7.79. The SMILES string of the molecule is CC#C[C@@H](CC(=O)[O-])c1ccc(OCC2=C[C@@]3(CCC2)CCC(=O)C3)cc1.[Na+]. The van der Waals surface area contributed by atoms with E-state index in [1.165, 1.54) is 5.57 Å². The van der Waals surface area contributed by atoms with Crippen LogP contribution in [0.25, 0.3) is 0 Å². The second kappa shape index (κ2) is 10.3. The van der Waals surface area contributed by atoms with E-state index in [1.54, 1.807) is 6.92 Å². The molecular formula is C23H25NaO4. The summed E-state index contributed by atoms with van der Waals surface area (Å²) in [5, 5.41) is 10.9. The van der Waals surface area contributed by atoms with Crippen molar-refractivity contribution in [1.29, 1.82) is 0 Å². The van der Waals surface area contributed by atoms with E-state index in [-0.39, 0.29) is 47.3 Å². The fourth-order valence-corrected chi connectivity index (χ4v) is 4.22. The molecule has 0 heterocycles. The average Bonchev–Trinajstić information content (AvgIpc) is 2.99. The van der Waals surface area contributed by atoms with Crippen LogP contribution in [0.2, 0.25) is 0 Å². The van der Waals surface area contributed by atoms with Gasteiger partial charge in [-0.3, -0.25) is 4.79 Å². The van der Waals surface area contributed by atoms with Crippen molar-refractivity contribution < 1.29 is 49.0 Å². The van der Waals surface area contributed by atoms with Gasteiger partial charge in [-0.05, 0) is 61.3 Å². The van der Waals surface area contributed by atoms with Crippen LogP contribution in [0.4, 0.5) is 0 Å². The number of carbonyl (C=O) groups is 2. The van der Waals surface area contributed by atoms with Crippen molar-refractivity contribution in [2.24, 2.45) is 5.41 Å². The van der Waals surface area contributed by atoms with Crippen molar-refractivity contribution in [2.75, 3.05) is 6.61 Å². The Balaban J connectivity index is 0.00000280. The molecule has 0 saturated heterocycles. The number of aliphatic carboxylic acids is 1. The Bertz CT molecular complexity index is 800. The number of carboxylic acids is 1. The first-order valence-corrected chi connectivity index (χ1v) is 9.57. The van der Waals surface area contributed by atoms with Gasteiger partial charge in [-0.2, -0.15) is 0 Å². The molecule has 0 radical (unpaired) electrons. The van der Waals surface area contributed by atoms with Crippen LogP contribution in [0.5, 0.6) is 5.75 Å². The minimum absolute atomic E-state index is 0. The van der Waals surface area contributed by atoms with E-state index in [9.17, 15) is 14.7 Å². The predicted molar refractivity (Wildman–Crippen MR) is 101 cm³/mol. The number of ether oxygens (including phenoxy) is 1. The molecule has 3 rings (SSSR count). The summed E-state index contributed by atoms with van der Waals surface area (Å²) in [6, 6.07) is 7.43. The Morgan fingerprint density at radius 2 is 2.00 bits per heavy atom. The van der Waals surface area contributed by atoms with Gasteiger partial charge in [-0.15, -0.1) is 5.92 Å². The standard InChI is InChI=1S/C23H26O4.Na/c1-2-4-19(13-22(25)26)18-6-8-21(9-7-18)27-16-17-5-3-11-23(14-17)12-10-20(24)15-23;/h6-9,14,19H,3,5,10-13,15-16H2,1H3,(H,25,26);/q;+1/p-1/t19-,23+;/m0./s1. The molecule has 0 aromatic heterocycles. The van der Waals surface area contributed by atoms with Crippen LogP contribution in [-0.2, 0) is 9.59 Å². The van der Waals surface area contributed by atoms with Crippen molar-refractivity contribution in [1.82, 2.24) is 0 Å². The third-order valence-electron chi connectivity index (χ3n) is 5.53. The second-order valence-corrected chi connectivity index (χ2v) is 7.61. The topological polar surface area (TPSA) is 66.4 Å². The molecule has 2 atom stereocenters. The number of benzene rings is 1. The normalized spacial score (nSPS) is 21.9. The zero-order valence-corrected chi connectivity index (χ0v) is 18.8. The van der Waals surface area contributed by atoms with Crippen LogP contribution in [-0.4, -0.2) is 18.4 Å². The van der Waals surface area contributed by atoms with Gasteiger partial charge in [0.1, 0.15) is 18.1 Å². The molecule has 1 spiro atoms. The number of carbonyl (C=O) groups excluding carboxylic acids is 2. The molecule has 0 bridgehead atoms. The fourth-order valence-electron chi connectivity index (χ4n) is 4.22. The molecule has 2 aliphatic rings. The van der Waals surface area contributed by atoms with Gasteiger partial charge in [0.2, 0.25) is 0 Å². The molecule has 1 fully saturated rings. The van der Waals surface area contributed by atoms with Gasteiger partial charge in [0.05, 0.1) is 5.92 Å². The molecule has 0 aliphatic heterocycles. The fraction of sp³-hybridized carbons (Fsp3) is 0.478. The number of ketones is 1. The number of Topliss-reactive ketones (excluding diaryl/α,β-unsaturated/α-hetero) is 1. The van der Waals surface area contributed by atoms with Crippen molar-refractivity contribution >= 4 is 11.8 Å². The Morgan fingerprint density at radius 3 is 2.61 bits per heavy atom. The van der Waals surface area contributed by atoms with E-state index in [4.69, 9.17) is 4.74 Å². The first-order valence-electron chi connectivity index (χ1n) is 9.57. The summed E-state index contributed by atoms with van der Waals surface area (Å²) in [5.41, 5.74) is 2.20. The molecule has 1 aromatic carbocycles. The Hall–Kier alpha value is -1.54. The summed E-state index contributed by atoms with van der Waals surface area (Å²) >= 11 is 0. The van der Waals surface area contributed by atoms with Crippen molar-refractivity contribution in [3.63, 3.8) is 0 Å². The minimum atomic E-state index is -1.10. The van der Waals surface area contributed by atoms with Gasteiger partial charge >= 0.3 is 29.6 Å². The van der Waals surface area contributed by atoms with E-state index in [0.717, 1.165) is 37.0 Å². The van der Waals surface area contributed by atoms with Crippen molar-refractivity contribution in [3.05, 3.63) is 41.5 Å². The van der Waals surface area contributed by atoms with E-state index in [0.29, 0.717) is 25.2 Å². The van der Waals surface area contributed by atoms with E-state index in [2.05, 4.69) is 17.9 Å². The molecule has 142 valence electrons. The number of hydrogen-bond acceptors (Lipinski definition) is 4. The zero-order valence-electron chi connectivity index (χ0n) is 16.8. The molecule has 0 N–H and O–H groups in total. The summed E-state index contributed by atoms with van der Waals surface area (Å²) in [7, 11) is 0.